The Bertz CT molecular complexity index is 358. The zero-order valence-corrected chi connectivity index (χ0v) is 9.39. The van der Waals surface area contributed by atoms with E-state index in [1.807, 2.05) is 6.92 Å². The molecule has 16 heavy (non-hydrogen) atoms. The maximum Gasteiger partial charge on any atom is 0.182 e. The molecule has 0 aliphatic carbocycles. The van der Waals surface area contributed by atoms with Crippen LogP contribution in [0.1, 0.15) is 12.5 Å². The van der Waals surface area contributed by atoms with Crippen molar-refractivity contribution in [1.29, 1.82) is 0 Å². The van der Waals surface area contributed by atoms with Crippen LogP contribution in [0.4, 0.5) is 14.5 Å². The third kappa shape index (κ3) is 2.90. The van der Waals surface area contributed by atoms with Gasteiger partial charge in [0.2, 0.25) is 0 Å². The second-order valence-electron chi connectivity index (χ2n) is 3.53. The molecule has 0 fully saturated rings. The van der Waals surface area contributed by atoms with Gasteiger partial charge in [-0.25, -0.2) is 8.78 Å². The Balaban J connectivity index is 2.78. The minimum atomic E-state index is -0.897. The van der Waals surface area contributed by atoms with Gasteiger partial charge in [0.15, 0.2) is 11.6 Å². The quantitative estimate of drug-likeness (QED) is 0.811. The maximum atomic E-state index is 13.5. The Kier molecular flexibility index (Phi) is 4.64. The molecule has 3 nitrogen and oxygen atoms in total. The third-order valence-corrected chi connectivity index (χ3v) is 2.36. The Labute approximate surface area is 93.6 Å². The number of benzene rings is 1. The zero-order valence-electron chi connectivity index (χ0n) is 9.39. The molecule has 90 valence electrons. The van der Waals surface area contributed by atoms with Crippen LogP contribution >= 0.6 is 0 Å². The average molecular weight is 230 g/mol. The fraction of sp³-hybridized carbons (Fsp3) is 0.455. The van der Waals surface area contributed by atoms with Crippen molar-refractivity contribution in [3.05, 3.63) is 29.3 Å². The first-order chi connectivity index (χ1) is 7.60. The van der Waals surface area contributed by atoms with Crippen LogP contribution in [-0.4, -0.2) is 19.8 Å². The van der Waals surface area contributed by atoms with E-state index in [2.05, 4.69) is 5.32 Å². The third-order valence-electron chi connectivity index (χ3n) is 2.36. The molecule has 0 saturated carbocycles. The molecule has 0 bridgehead atoms. The van der Waals surface area contributed by atoms with Crippen LogP contribution in [-0.2, 0) is 11.3 Å². The molecular formula is C11H16F2N2O. The summed E-state index contributed by atoms with van der Waals surface area (Å²) in [6, 6.07) is 2.95. The lowest BCUT2D eigenvalue weighted by molar-refractivity contribution is 0.128. The first kappa shape index (κ1) is 12.9. The van der Waals surface area contributed by atoms with Gasteiger partial charge in [0, 0.05) is 25.8 Å². The van der Waals surface area contributed by atoms with Gasteiger partial charge in [0.1, 0.15) is 0 Å². The predicted octanol–water partition coefficient (Wildman–Crippen LogP) is 1.87. The number of nitrogens with two attached hydrogens (primary N) is 1. The van der Waals surface area contributed by atoms with E-state index in [0.29, 0.717) is 6.54 Å². The molecule has 5 heteroatoms. The summed E-state index contributed by atoms with van der Waals surface area (Å²) in [7, 11) is 1.56. The van der Waals surface area contributed by atoms with Crippen molar-refractivity contribution >= 4 is 5.69 Å². The van der Waals surface area contributed by atoms with Crippen LogP contribution in [0.5, 0.6) is 0 Å². The molecule has 0 aliphatic heterocycles. The first-order valence-corrected chi connectivity index (χ1v) is 5.03. The van der Waals surface area contributed by atoms with Gasteiger partial charge in [-0.05, 0) is 13.0 Å². The number of methoxy groups -OCH3 is 1. The Morgan fingerprint density at radius 1 is 1.38 bits per heavy atom. The Morgan fingerprint density at radius 2 is 2.06 bits per heavy atom. The van der Waals surface area contributed by atoms with Crippen LogP contribution in [0, 0.1) is 11.6 Å². The van der Waals surface area contributed by atoms with Crippen LogP contribution in [0.3, 0.4) is 0 Å². The second kappa shape index (κ2) is 5.77. The summed E-state index contributed by atoms with van der Waals surface area (Å²) in [6.07, 6.45) is -0.0725. The number of rotatable bonds is 5. The second-order valence-corrected chi connectivity index (χ2v) is 3.53. The number of ether oxygens (including phenoxy) is 1. The van der Waals surface area contributed by atoms with Crippen molar-refractivity contribution in [3.8, 4) is 0 Å². The highest BCUT2D eigenvalue weighted by Crippen LogP contribution is 2.20. The standard InChI is InChI=1S/C11H16F2N2O/c1-7(16-2)6-15-9-4-3-8(5-14)10(12)11(9)13/h3-4,7,15H,5-6,14H2,1-2H3. The molecule has 1 aromatic rings. The van der Waals surface area contributed by atoms with E-state index in [1.165, 1.54) is 12.1 Å². The van der Waals surface area contributed by atoms with Crippen molar-refractivity contribution < 1.29 is 13.5 Å². The fourth-order valence-electron chi connectivity index (χ4n) is 1.22. The number of halogens is 2. The summed E-state index contributed by atoms with van der Waals surface area (Å²) in [6.45, 7) is 2.22. The van der Waals surface area contributed by atoms with Gasteiger partial charge < -0.3 is 15.8 Å². The topological polar surface area (TPSA) is 47.3 Å². The molecule has 0 saturated heterocycles. The summed E-state index contributed by atoms with van der Waals surface area (Å²) >= 11 is 0. The number of hydrogen-bond donors (Lipinski definition) is 2. The molecule has 1 unspecified atom stereocenters. The summed E-state index contributed by atoms with van der Waals surface area (Å²) in [4.78, 5) is 0. The van der Waals surface area contributed by atoms with Crippen LogP contribution in [0.2, 0.25) is 0 Å². The van der Waals surface area contributed by atoms with E-state index in [9.17, 15) is 8.78 Å². The van der Waals surface area contributed by atoms with Crippen molar-refractivity contribution in [2.45, 2.75) is 19.6 Å². The van der Waals surface area contributed by atoms with E-state index in [-0.39, 0.29) is 23.9 Å². The first-order valence-electron chi connectivity index (χ1n) is 5.03. The predicted molar refractivity (Wildman–Crippen MR) is 59.2 cm³/mol. The highest BCUT2D eigenvalue weighted by Gasteiger charge is 2.12. The molecule has 1 atom stereocenters. The monoisotopic (exact) mass is 230 g/mol. The fourth-order valence-corrected chi connectivity index (χ4v) is 1.22. The van der Waals surface area contributed by atoms with Crippen LogP contribution in [0.25, 0.3) is 0 Å². The summed E-state index contributed by atoms with van der Waals surface area (Å²) in [5, 5.41) is 2.77. The lowest BCUT2D eigenvalue weighted by atomic mass is 10.2. The average Bonchev–Trinajstić information content (AvgIpc) is 2.30. The Morgan fingerprint density at radius 3 is 2.62 bits per heavy atom. The normalized spacial score (nSPS) is 12.6. The highest BCUT2D eigenvalue weighted by molar-refractivity contribution is 5.47. The highest BCUT2D eigenvalue weighted by atomic mass is 19.2. The molecule has 0 aliphatic rings. The van der Waals surface area contributed by atoms with Gasteiger partial charge in [-0.3, -0.25) is 0 Å². The van der Waals surface area contributed by atoms with Crippen molar-refractivity contribution in [1.82, 2.24) is 0 Å². The lowest BCUT2D eigenvalue weighted by Gasteiger charge is -2.13. The van der Waals surface area contributed by atoms with E-state index in [1.54, 1.807) is 7.11 Å². The van der Waals surface area contributed by atoms with Gasteiger partial charge in [0.25, 0.3) is 0 Å². The molecule has 0 heterocycles. The van der Waals surface area contributed by atoms with E-state index in [4.69, 9.17) is 10.5 Å². The molecule has 1 rings (SSSR count). The molecular weight excluding hydrogens is 214 g/mol. The molecule has 0 aromatic heterocycles. The minimum Gasteiger partial charge on any atom is -0.380 e. The van der Waals surface area contributed by atoms with Gasteiger partial charge in [-0.1, -0.05) is 6.07 Å². The molecule has 0 spiro atoms. The minimum absolute atomic E-state index is 0.0164. The van der Waals surface area contributed by atoms with Gasteiger partial charge in [0.05, 0.1) is 11.8 Å². The molecule has 3 N–H and O–H groups in total. The number of hydrogen-bond acceptors (Lipinski definition) is 3. The Hall–Kier alpha value is -1.20. The van der Waals surface area contributed by atoms with Crippen molar-refractivity contribution in [2.75, 3.05) is 19.0 Å². The number of anilines is 1. The van der Waals surface area contributed by atoms with Crippen molar-refractivity contribution in [2.24, 2.45) is 5.73 Å². The maximum absolute atomic E-state index is 13.5. The molecule has 1 aromatic carbocycles. The summed E-state index contributed by atoms with van der Waals surface area (Å²) < 4.78 is 31.8. The molecule has 0 radical (unpaired) electrons. The van der Waals surface area contributed by atoms with Crippen LogP contribution in [0.15, 0.2) is 12.1 Å². The summed E-state index contributed by atoms with van der Waals surface area (Å²) in [5.41, 5.74) is 5.56. The van der Waals surface area contributed by atoms with E-state index >= 15 is 0 Å². The largest absolute Gasteiger partial charge is 0.380 e. The SMILES string of the molecule is COC(C)CNc1ccc(CN)c(F)c1F. The lowest BCUT2D eigenvalue weighted by Crippen LogP contribution is -2.19. The van der Waals surface area contributed by atoms with Gasteiger partial charge >= 0.3 is 0 Å². The van der Waals surface area contributed by atoms with Gasteiger partial charge in [-0.2, -0.15) is 0 Å². The zero-order chi connectivity index (χ0) is 12.1. The van der Waals surface area contributed by atoms with Gasteiger partial charge in [-0.15, -0.1) is 0 Å². The molecule has 0 amide bonds. The summed E-state index contributed by atoms with van der Waals surface area (Å²) in [5.74, 6) is -1.79. The van der Waals surface area contributed by atoms with E-state index < -0.39 is 11.6 Å². The smallest absolute Gasteiger partial charge is 0.182 e. The van der Waals surface area contributed by atoms with Crippen molar-refractivity contribution in [3.63, 3.8) is 0 Å². The number of nitrogens with one attached hydrogen (secondary N) is 1. The van der Waals surface area contributed by atoms with E-state index in [0.717, 1.165) is 0 Å². The van der Waals surface area contributed by atoms with Crippen LogP contribution < -0.4 is 11.1 Å².